The van der Waals surface area contributed by atoms with E-state index in [2.05, 4.69) is 11.1 Å². The van der Waals surface area contributed by atoms with Crippen molar-refractivity contribution in [3.63, 3.8) is 0 Å². The molecule has 0 aromatic carbocycles. The molecule has 0 fully saturated rings. The van der Waals surface area contributed by atoms with Crippen LogP contribution in [0.4, 0.5) is 0 Å². The van der Waals surface area contributed by atoms with Gasteiger partial charge in [-0.05, 0) is 26.0 Å². The SMILES string of the molecule is CC(C)(C#N)n1ccc2c(Cl)nc(Cl)cc21. The number of rotatable bonds is 1. The second-order valence-corrected chi connectivity index (χ2v) is 4.77. The number of hydrogen-bond donors (Lipinski definition) is 0. The third kappa shape index (κ3) is 1.64. The van der Waals surface area contributed by atoms with Gasteiger partial charge in [0.15, 0.2) is 0 Å². The number of aromatic nitrogens is 2. The van der Waals surface area contributed by atoms with Crippen LogP contribution in [0.25, 0.3) is 10.9 Å². The normalized spacial score (nSPS) is 11.7. The molecule has 0 saturated carbocycles. The Hall–Kier alpha value is -1.24. The molecule has 0 aliphatic heterocycles. The van der Waals surface area contributed by atoms with Crippen LogP contribution >= 0.6 is 23.2 Å². The van der Waals surface area contributed by atoms with Gasteiger partial charge < -0.3 is 4.57 Å². The number of halogens is 2. The molecule has 82 valence electrons. The Balaban J connectivity index is 2.80. The van der Waals surface area contributed by atoms with Gasteiger partial charge in [0.25, 0.3) is 0 Å². The first-order chi connectivity index (χ1) is 7.45. The molecule has 5 heteroatoms. The van der Waals surface area contributed by atoms with Crippen LogP contribution in [0.3, 0.4) is 0 Å². The van der Waals surface area contributed by atoms with Gasteiger partial charge in [-0.1, -0.05) is 23.2 Å². The van der Waals surface area contributed by atoms with Gasteiger partial charge in [-0.2, -0.15) is 5.26 Å². The van der Waals surface area contributed by atoms with E-state index in [4.69, 9.17) is 28.5 Å². The zero-order valence-corrected chi connectivity index (χ0v) is 10.3. The monoisotopic (exact) mass is 253 g/mol. The smallest absolute Gasteiger partial charge is 0.140 e. The molecule has 2 rings (SSSR count). The summed E-state index contributed by atoms with van der Waals surface area (Å²) >= 11 is 11.8. The summed E-state index contributed by atoms with van der Waals surface area (Å²) in [4.78, 5) is 3.96. The molecular formula is C11H9Cl2N3. The highest BCUT2D eigenvalue weighted by Gasteiger charge is 2.21. The van der Waals surface area contributed by atoms with Crippen LogP contribution in [0.2, 0.25) is 10.3 Å². The van der Waals surface area contributed by atoms with Gasteiger partial charge in [-0.3, -0.25) is 0 Å². The lowest BCUT2D eigenvalue weighted by molar-refractivity contribution is 0.485. The van der Waals surface area contributed by atoms with Crippen molar-refractivity contribution >= 4 is 34.1 Å². The third-order valence-corrected chi connectivity index (χ3v) is 2.97. The zero-order chi connectivity index (χ0) is 11.9. The minimum atomic E-state index is -0.643. The van der Waals surface area contributed by atoms with Crippen molar-refractivity contribution in [2.75, 3.05) is 0 Å². The quantitative estimate of drug-likeness (QED) is 0.729. The molecular weight excluding hydrogens is 245 g/mol. The van der Waals surface area contributed by atoms with E-state index in [0.29, 0.717) is 10.3 Å². The molecule has 0 amide bonds. The van der Waals surface area contributed by atoms with Crippen molar-refractivity contribution in [1.29, 1.82) is 5.26 Å². The lowest BCUT2D eigenvalue weighted by Crippen LogP contribution is -2.22. The van der Waals surface area contributed by atoms with E-state index in [1.165, 1.54) is 0 Å². The molecule has 0 spiro atoms. The second kappa shape index (κ2) is 3.65. The highest BCUT2D eigenvalue weighted by molar-refractivity contribution is 6.36. The van der Waals surface area contributed by atoms with Gasteiger partial charge in [-0.15, -0.1) is 0 Å². The maximum atomic E-state index is 9.11. The van der Waals surface area contributed by atoms with E-state index in [1.807, 2.05) is 30.7 Å². The van der Waals surface area contributed by atoms with E-state index in [0.717, 1.165) is 10.9 Å². The fourth-order valence-electron chi connectivity index (χ4n) is 1.61. The molecule has 0 atom stereocenters. The fourth-order valence-corrected chi connectivity index (χ4v) is 2.09. The van der Waals surface area contributed by atoms with E-state index in [-0.39, 0.29) is 0 Å². The number of fused-ring (bicyclic) bond motifs is 1. The molecule has 0 unspecified atom stereocenters. The van der Waals surface area contributed by atoms with Gasteiger partial charge in [0.2, 0.25) is 0 Å². The predicted octanol–water partition coefficient (Wildman–Crippen LogP) is 3.60. The summed E-state index contributed by atoms with van der Waals surface area (Å²) in [6.45, 7) is 3.66. The van der Waals surface area contributed by atoms with Crippen LogP contribution in [0, 0.1) is 11.3 Å². The Morgan fingerprint density at radius 1 is 1.44 bits per heavy atom. The van der Waals surface area contributed by atoms with E-state index in [9.17, 15) is 0 Å². The van der Waals surface area contributed by atoms with Crippen LogP contribution in [-0.2, 0) is 5.54 Å². The highest BCUT2D eigenvalue weighted by atomic mass is 35.5. The van der Waals surface area contributed by atoms with E-state index < -0.39 is 5.54 Å². The molecule has 0 N–H and O–H groups in total. The summed E-state index contributed by atoms with van der Waals surface area (Å²) in [5, 5.41) is 10.6. The van der Waals surface area contributed by atoms with Crippen LogP contribution in [0.15, 0.2) is 18.3 Å². The standard InChI is InChI=1S/C11H9Cl2N3/c1-11(2,6-14)16-4-3-7-8(16)5-9(12)15-10(7)13/h3-5H,1-2H3. The molecule has 0 radical (unpaired) electrons. The fraction of sp³-hybridized carbons (Fsp3) is 0.273. The van der Waals surface area contributed by atoms with Gasteiger partial charge in [-0.25, -0.2) is 4.98 Å². The van der Waals surface area contributed by atoms with Gasteiger partial charge in [0.05, 0.1) is 11.6 Å². The highest BCUT2D eigenvalue weighted by Crippen LogP contribution is 2.29. The first-order valence-corrected chi connectivity index (χ1v) is 5.46. The lowest BCUT2D eigenvalue weighted by Gasteiger charge is -2.19. The average Bonchev–Trinajstić information content (AvgIpc) is 2.62. The number of pyridine rings is 1. The summed E-state index contributed by atoms with van der Waals surface area (Å²) < 4.78 is 1.84. The summed E-state index contributed by atoms with van der Waals surface area (Å²) in [5.41, 5.74) is 0.173. The summed E-state index contributed by atoms with van der Waals surface area (Å²) in [6.07, 6.45) is 1.82. The van der Waals surface area contributed by atoms with Gasteiger partial charge in [0, 0.05) is 11.6 Å². The van der Waals surface area contributed by atoms with Crippen LogP contribution in [-0.4, -0.2) is 9.55 Å². The first-order valence-electron chi connectivity index (χ1n) is 4.70. The van der Waals surface area contributed by atoms with Crippen molar-refractivity contribution in [3.8, 4) is 6.07 Å². The molecule has 0 saturated heterocycles. The average molecular weight is 254 g/mol. The van der Waals surface area contributed by atoms with Crippen LogP contribution < -0.4 is 0 Å². The Morgan fingerprint density at radius 2 is 2.12 bits per heavy atom. The molecule has 2 heterocycles. The topological polar surface area (TPSA) is 41.6 Å². The van der Waals surface area contributed by atoms with Gasteiger partial charge >= 0.3 is 0 Å². The number of hydrogen-bond acceptors (Lipinski definition) is 2. The van der Waals surface area contributed by atoms with Crippen LogP contribution in [0.5, 0.6) is 0 Å². The summed E-state index contributed by atoms with van der Waals surface area (Å²) in [6, 6.07) is 5.77. The molecule has 0 aliphatic carbocycles. The third-order valence-electron chi connectivity index (χ3n) is 2.48. The van der Waals surface area contributed by atoms with Crippen molar-refractivity contribution < 1.29 is 0 Å². The molecule has 3 nitrogen and oxygen atoms in total. The Morgan fingerprint density at radius 3 is 2.75 bits per heavy atom. The zero-order valence-electron chi connectivity index (χ0n) is 8.83. The Bertz CT molecular complexity index is 593. The summed E-state index contributed by atoms with van der Waals surface area (Å²) in [5.74, 6) is 0. The minimum absolute atomic E-state index is 0.325. The minimum Gasteiger partial charge on any atom is -0.329 e. The molecule has 16 heavy (non-hydrogen) atoms. The molecule has 2 aromatic heterocycles. The predicted molar refractivity (Wildman–Crippen MR) is 64.7 cm³/mol. The maximum Gasteiger partial charge on any atom is 0.140 e. The number of nitriles is 1. The van der Waals surface area contributed by atoms with Crippen LogP contribution in [0.1, 0.15) is 13.8 Å². The second-order valence-electron chi connectivity index (χ2n) is 4.03. The maximum absolute atomic E-state index is 9.11. The van der Waals surface area contributed by atoms with Crippen molar-refractivity contribution in [2.45, 2.75) is 19.4 Å². The van der Waals surface area contributed by atoms with Crippen molar-refractivity contribution in [1.82, 2.24) is 9.55 Å². The van der Waals surface area contributed by atoms with Gasteiger partial charge in [0.1, 0.15) is 15.8 Å². The Kier molecular flexibility index (Phi) is 2.57. The largest absolute Gasteiger partial charge is 0.329 e. The van der Waals surface area contributed by atoms with Crippen molar-refractivity contribution in [3.05, 3.63) is 28.6 Å². The first kappa shape index (κ1) is 11.3. The van der Waals surface area contributed by atoms with E-state index in [1.54, 1.807) is 6.07 Å². The van der Waals surface area contributed by atoms with E-state index >= 15 is 0 Å². The molecule has 2 aromatic rings. The molecule has 0 aliphatic rings. The Labute approximate surface area is 103 Å². The summed E-state index contributed by atoms with van der Waals surface area (Å²) in [7, 11) is 0. The number of nitrogens with zero attached hydrogens (tertiary/aromatic N) is 3. The molecule has 0 bridgehead atoms. The van der Waals surface area contributed by atoms with Crippen molar-refractivity contribution in [2.24, 2.45) is 0 Å². The lowest BCUT2D eigenvalue weighted by atomic mass is 10.1.